The van der Waals surface area contributed by atoms with Gasteiger partial charge in [-0.3, -0.25) is 4.79 Å². The molecule has 1 atom stereocenters. The summed E-state index contributed by atoms with van der Waals surface area (Å²) in [5.41, 5.74) is 1.87. The highest BCUT2D eigenvalue weighted by Gasteiger charge is 2.40. The number of carboxylic acid groups (broad SMARTS) is 1. The number of methoxy groups -OCH3 is 1. The Labute approximate surface area is 127 Å². The number of rotatable bonds is 4. The molecule has 1 unspecified atom stereocenters. The molecular formula is C17H15NO4. The molecule has 0 aromatic heterocycles. The molecule has 0 bridgehead atoms. The third-order valence-corrected chi connectivity index (χ3v) is 3.80. The van der Waals surface area contributed by atoms with Crippen molar-refractivity contribution < 1.29 is 19.4 Å². The quantitative estimate of drug-likeness (QED) is 0.941. The minimum atomic E-state index is -1.02. The third kappa shape index (κ3) is 2.30. The first-order valence-corrected chi connectivity index (χ1v) is 6.87. The van der Waals surface area contributed by atoms with Gasteiger partial charge in [-0.2, -0.15) is 0 Å². The highest BCUT2D eigenvalue weighted by molar-refractivity contribution is 6.03. The first kappa shape index (κ1) is 14.1. The second kappa shape index (κ2) is 5.52. The van der Waals surface area contributed by atoms with E-state index in [2.05, 4.69) is 0 Å². The standard InChI is InChI=1S/C17H15NO4/c1-22-12-8-6-11(7-9-12)10-18-15(17(20)21)13-4-2-3-5-14(13)16(18)19/h2-9,15H,10H2,1H3,(H,20,21). The van der Waals surface area contributed by atoms with Crippen molar-refractivity contribution in [2.75, 3.05) is 7.11 Å². The van der Waals surface area contributed by atoms with Gasteiger partial charge in [0, 0.05) is 12.1 Å². The van der Waals surface area contributed by atoms with Gasteiger partial charge in [0.15, 0.2) is 6.04 Å². The first-order valence-electron chi connectivity index (χ1n) is 6.87. The van der Waals surface area contributed by atoms with Crippen molar-refractivity contribution in [3.63, 3.8) is 0 Å². The molecule has 0 saturated carbocycles. The van der Waals surface area contributed by atoms with Gasteiger partial charge in [-0.1, -0.05) is 30.3 Å². The number of hydrogen-bond donors (Lipinski definition) is 1. The highest BCUT2D eigenvalue weighted by Crippen LogP contribution is 2.34. The van der Waals surface area contributed by atoms with Crippen LogP contribution in [0.25, 0.3) is 0 Å². The highest BCUT2D eigenvalue weighted by atomic mass is 16.5. The van der Waals surface area contributed by atoms with Crippen molar-refractivity contribution in [2.45, 2.75) is 12.6 Å². The smallest absolute Gasteiger partial charge is 0.331 e. The molecule has 1 aliphatic heterocycles. The molecule has 3 rings (SSSR count). The van der Waals surface area contributed by atoms with Gasteiger partial charge in [0.05, 0.1) is 7.11 Å². The van der Waals surface area contributed by atoms with Gasteiger partial charge in [-0.15, -0.1) is 0 Å². The Morgan fingerprint density at radius 3 is 2.50 bits per heavy atom. The molecule has 0 saturated heterocycles. The van der Waals surface area contributed by atoms with Crippen molar-refractivity contribution >= 4 is 11.9 Å². The van der Waals surface area contributed by atoms with E-state index in [0.29, 0.717) is 11.1 Å². The van der Waals surface area contributed by atoms with Crippen LogP contribution in [0, 0.1) is 0 Å². The predicted octanol–water partition coefficient (Wildman–Crippen LogP) is 2.48. The monoisotopic (exact) mass is 297 g/mol. The number of carboxylic acids is 1. The number of amides is 1. The minimum Gasteiger partial charge on any atom is -0.497 e. The zero-order valence-corrected chi connectivity index (χ0v) is 12.0. The van der Waals surface area contributed by atoms with Crippen molar-refractivity contribution in [1.82, 2.24) is 4.90 Å². The van der Waals surface area contributed by atoms with Crippen LogP contribution in [0.1, 0.15) is 27.5 Å². The molecule has 1 N–H and O–H groups in total. The molecule has 0 aliphatic carbocycles. The topological polar surface area (TPSA) is 66.8 Å². The van der Waals surface area contributed by atoms with Gasteiger partial charge >= 0.3 is 5.97 Å². The number of benzene rings is 2. The summed E-state index contributed by atoms with van der Waals surface area (Å²) in [6, 6.07) is 13.2. The lowest BCUT2D eigenvalue weighted by Gasteiger charge is -2.22. The Hall–Kier alpha value is -2.82. The summed E-state index contributed by atoms with van der Waals surface area (Å²) in [5, 5.41) is 9.49. The van der Waals surface area contributed by atoms with E-state index in [1.165, 1.54) is 4.90 Å². The van der Waals surface area contributed by atoms with E-state index in [-0.39, 0.29) is 12.5 Å². The van der Waals surface area contributed by atoms with Gasteiger partial charge in [0.25, 0.3) is 5.91 Å². The molecule has 2 aromatic carbocycles. The van der Waals surface area contributed by atoms with Crippen molar-refractivity contribution in [1.29, 1.82) is 0 Å². The van der Waals surface area contributed by atoms with Crippen LogP contribution in [0.5, 0.6) is 5.75 Å². The maximum Gasteiger partial charge on any atom is 0.331 e. The van der Waals surface area contributed by atoms with Crippen LogP contribution in [0.2, 0.25) is 0 Å². The fourth-order valence-corrected chi connectivity index (χ4v) is 2.73. The molecule has 112 valence electrons. The first-order chi connectivity index (χ1) is 10.6. The number of carbonyl (C=O) groups excluding carboxylic acids is 1. The van der Waals surface area contributed by atoms with E-state index < -0.39 is 12.0 Å². The summed E-state index contributed by atoms with van der Waals surface area (Å²) in [4.78, 5) is 25.5. The summed E-state index contributed by atoms with van der Waals surface area (Å²) >= 11 is 0. The molecule has 0 spiro atoms. The van der Waals surface area contributed by atoms with E-state index >= 15 is 0 Å². The fourth-order valence-electron chi connectivity index (χ4n) is 2.73. The lowest BCUT2D eigenvalue weighted by molar-refractivity contribution is -0.142. The van der Waals surface area contributed by atoms with Gasteiger partial charge in [0.2, 0.25) is 0 Å². The van der Waals surface area contributed by atoms with E-state index in [0.717, 1.165) is 11.3 Å². The van der Waals surface area contributed by atoms with Crippen molar-refractivity contribution in [3.8, 4) is 5.75 Å². The minimum absolute atomic E-state index is 0.245. The van der Waals surface area contributed by atoms with Crippen LogP contribution < -0.4 is 4.74 Å². The maximum absolute atomic E-state index is 12.5. The Morgan fingerprint density at radius 2 is 1.86 bits per heavy atom. The Kier molecular flexibility index (Phi) is 3.55. The van der Waals surface area contributed by atoms with E-state index in [9.17, 15) is 14.7 Å². The molecule has 1 aliphatic rings. The third-order valence-electron chi connectivity index (χ3n) is 3.80. The van der Waals surface area contributed by atoms with Gasteiger partial charge < -0.3 is 14.7 Å². The number of nitrogens with zero attached hydrogens (tertiary/aromatic N) is 1. The average Bonchev–Trinajstić information content (AvgIpc) is 2.81. The summed E-state index contributed by atoms with van der Waals surface area (Å²) in [7, 11) is 1.58. The van der Waals surface area contributed by atoms with Crippen molar-refractivity contribution in [2.24, 2.45) is 0 Å². The molecule has 1 heterocycles. The number of carbonyl (C=O) groups is 2. The lowest BCUT2D eigenvalue weighted by atomic mass is 10.1. The lowest BCUT2D eigenvalue weighted by Crippen LogP contribution is -2.32. The van der Waals surface area contributed by atoms with Gasteiger partial charge in [-0.05, 0) is 29.3 Å². The Bertz CT molecular complexity index is 724. The molecule has 0 fully saturated rings. The van der Waals surface area contributed by atoms with Crippen LogP contribution in [0.15, 0.2) is 48.5 Å². The number of aliphatic carboxylic acids is 1. The van der Waals surface area contributed by atoms with Crippen LogP contribution in [0.4, 0.5) is 0 Å². The van der Waals surface area contributed by atoms with Crippen LogP contribution in [0.3, 0.4) is 0 Å². The van der Waals surface area contributed by atoms with E-state index in [1.807, 2.05) is 12.1 Å². The molecule has 2 aromatic rings. The predicted molar refractivity (Wildman–Crippen MR) is 79.7 cm³/mol. The van der Waals surface area contributed by atoms with Crippen molar-refractivity contribution in [3.05, 3.63) is 65.2 Å². The molecule has 1 amide bonds. The second-order valence-electron chi connectivity index (χ2n) is 5.11. The molecule has 0 radical (unpaired) electrons. The summed E-state index contributed by atoms with van der Waals surface area (Å²) in [5.74, 6) is -0.555. The second-order valence-corrected chi connectivity index (χ2v) is 5.11. The largest absolute Gasteiger partial charge is 0.497 e. The van der Waals surface area contributed by atoms with Gasteiger partial charge in [-0.25, -0.2) is 4.79 Å². The van der Waals surface area contributed by atoms with Crippen LogP contribution >= 0.6 is 0 Å². The zero-order valence-electron chi connectivity index (χ0n) is 12.0. The van der Waals surface area contributed by atoms with Gasteiger partial charge in [0.1, 0.15) is 5.75 Å². The van der Waals surface area contributed by atoms with E-state index in [4.69, 9.17) is 4.74 Å². The zero-order chi connectivity index (χ0) is 15.7. The average molecular weight is 297 g/mol. The number of ether oxygens (including phenoxy) is 1. The Morgan fingerprint density at radius 1 is 1.18 bits per heavy atom. The SMILES string of the molecule is COc1ccc(CN2C(=O)c3ccccc3C2C(=O)O)cc1. The summed E-state index contributed by atoms with van der Waals surface area (Å²) in [6.07, 6.45) is 0. The molecule has 22 heavy (non-hydrogen) atoms. The number of hydrogen-bond acceptors (Lipinski definition) is 3. The summed E-state index contributed by atoms with van der Waals surface area (Å²) < 4.78 is 5.10. The maximum atomic E-state index is 12.5. The van der Waals surface area contributed by atoms with Crippen LogP contribution in [-0.4, -0.2) is 29.0 Å². The summed E-state index contributed by atoms with van der Waals surface area (Å²) in [6.45, 7) is 0.245. The number of fused-ring (bicyclic) bond motifs is 1. The van der Waals surface area contributed by atoms with Crippen LogP contribution in [-0.2, 0) is 11.3 Å². The molecule has 5 heteroatoms. The normalized spacial score (nSPS) is 16.5. The van der Waals surface area contributed by atoms with E-state index in [1.54, 1.807) is 43.5 Å². The fraction of sp³-hybridized carbons (Fsp3) is 0.176. The molecule has 5 nitrogen and oxygen atoms in total. The Balaban J connectivity index is 1.92. The molecular weight excluding hydrogens is 282 g/mol.